The Morgan fingerprint density at radius 1 is 1.65 bits per heavy atom. The molecule has 7 heteroatoms. The molecule has 0 saturated carbocycles. The SMILES string of the molecule is COCC(O)CNc1ncc(C(=O)O)c(C)n1. The Labute approximate surface area is 98.5 Å². The maximum atomic E-state index is 10.7. The van der Waals surface area contributed by atoms with Crippen LogP contribution in [0.2, 0.25) is 0 Å². The summed E-state index contributed by atoms with van der Waals surface area (Å²) in [6.07, 6.45) is 0.568. The van der Waals surface area contributed by atoms with Crippen molar-refractivity contribution in [2.45, 2.75) is 13.0 Å². The second-order valence-corrected chi connectivity index (χ2v) is 3.49. The van der Waals surface area contributed by atoms with E-state index >= 15 is 0 Å². The molecule has 0 spiro atoms. The average molecular weight is 241 g/mol. The van der Waals surface area contributed by atoms with Gasteiger partial charge in [0, 0.05) is 19.9 Å². The second kappa shape index (κ2) is 6.12. The number of aromatic carboxylic acids is 1. The third-order valence-corrected chi connectivity index (χ3v) is 2.06. The maximum Gasteiger partial charge on any atom is 0.339 e. The van der Waals surface area contributed by atoms with Crippen LogP contribution in [0.15, 0.2) is 6.20 Å². The van der Waals surface area contributed by atoms with E-state index in [0.29, 0.717) is 5.69 Å². The molecule has 0 bridgehead atoms. The minimum Gasteiger partial charge on any atom is -0.478 e. The van der Waals surface area contributed by atoms with E-state index < -0.39 is 12.1 Å². The predicted molar refractivity (Wildman–Crippen MR) is 60.1 cm³/mol. The quantitative estimate of drug-likeness (QED) is 0.638. The summed E-state index contributed by atoms with van der Waals surface area (Å²) in [6, 6.07) is 0. The fourth-order valence-corrected chi connectivity index (χ4v) is 1.22. The number of hydrogen-bond donors (Lipinski definition) is 3. The van der Waals surface area contributed by atoms with Crippen LogP contribution >= 0.6 is 0 Å². The maximum absolute atomic E-state index is 10.7. The second-order valence-electron chi connectivity index (χ2n) is 3.49. The van der Waals surface area contributed by atoms with Crippen molar-refractivity contribution in [1.29, 1.82) is 0 Å². The molecule has 3 N–H and O–H groups in total. The molecule has 1 aromatic rings. The molecule has 0 aromatic carbocycles. The van der Waals surface area contributed by atoms with Gasteiger partial charge in [0.1, 0.15) is 0 Å². The first-order valence-electron chi connectivity index (χ1n) is 5.02. The van der Waals surface area contributed by atoms with Gasteiger partial charge in [0.15, 0.2) is 0 Å². The number of nitrogens with zero attached hydrogens (tertiary/aromatic N) is 2. The van der Waals surface area contributed by atoms with E-state index in [1.165, 1.54) is 13.3 Å². The van der Waals surface area contributed by atoms with Gasteiger partial charge in [-0.3, -0.25) is 0 Å². The van der Waals surface area contributed by atoms with Crippen molar-refractivity contribution in [1.82, 2.24) is 9.97 Å². The lowest BCUT2D eigenvalue weighted by Crippen LogP contribution is -2.25. The first-order chi connectivity index (χ1) is 8.04. The summed E-state index contributed by atoms with van der Waals surface area (Å²) >= 11 is 0. The van der Waals surface area contributed by atoms with E-state index in [1.54, 1.807) is 6.92 Å². The number of carboxylic acids is 1. The Morgan fingerprint density at radius 3 is 2.88 bits per heavy atom. The Kier molecular flexibility index (Phi) is 4.80. The molecule has 0 fully saturated rings. The lowest BCUT2D eigenvalue weighted by atomic mass is 10.2. The van der Waals surface area contributed by atoms with Crippen molar-refractivity contribution in [3.63, 3.8) is 0 Å². The Morgan fingerprint density at radius 2 is 2.35 bits per heavy atom. The fourth-order valence-electron chi connectivity index (χ4n) is 1.22. The fraction of sp³-hybridized carbons (Fsp3) is 0.500. The number of anilines is 1. The molecule has 1 atom stereocenters. The van der Waals surface area contributed by atoms with Crippen molar-refractivity contribution in [2.75, 3.05) is 25.6 Å². The van der Waals surface area contributed by atoms with Gasteiger partial charge in [-0.05, 0) is 6.92 Å². The summed E-state index contributed by atoms with van der Waals surface area (Å²) in [5.41, 5.74) is 0.434. The lowest BCUT2D eigenvalue weighted by molar-refractivity contribution is 0.0694. The number of rotatable bonds is 6. The molecule has 1 unspecified atom stereocenters. The van der Waals surface area contributed by atoms with E-state index in [9.17, 15) is 9.90 Å². The zero-order chi connectivity index (χ0) is 12.8. The first kappa shape index (κ1) is 13.3. The van der Waals surface area contributed by atoms with Crippen LogP contribution in [0.25, 0.3) is 0 Å². The molecule has 0 saturated heterocycles. The van der Waals surface area contributed by atoms with Crippen LogP contribution in [0, 0.1) is 6.92 Å². The number of nitrogens with one attached hydrogen (secondary N) is 1. The molecule has 0 aliphatic heterocycles. The molecule has 1 aromatic heterocycles. The number of aliphatic hydroxyl groups is 1. The van der Waals surface area contributed by atoms with Gasteiger partial charge in [0.25, 0.3) is 0 Å². The highest BCUT2D eigenvalue weighted by Gasteiger charge is 2.10. The van der Waals surface area contributed by atoms with Gasteiger partial charge < -0.3 is 20.3 Å². The van der Waals surface area contributed by atoms with E-state index in [0.717, 1.165) is 0 Å². The molecule has 0 amide bonds. The van der Waals surface area contributed by atoms with Gasteiger partial charge in [0.2, 0.25) is 5.95 Å². The molecule has 0 aliphatic carbocycles. The smallest absolute Gasteiger partial charge is 0.339 e. The van der Waals surface area contributed by atoms with Crippen molar-refractivity contribution >= 4 is 11.9 Å². The number of ether oxygens (including phenoxy) is 1. The summed E-state index contributed by atoms with van der Waals surface area (Å²) < 4.78 is 4.76. The van der Waals surface area contributed by atoms with Gasteiger partial charge >= 0.3 is 5.97 Å². The summed E-state index contributed by atoms with van der Waals surface area (Å²) in [6.45, 7) is 2.03. The van der Waals surface area contributed by atoms with Gasteiger partial charge in [-0.2, -0.15) is 0 Å². The van der Waals surface area contributed by atoms with Crippen LogP contribution in [0.4, 0.5) is 5.95 Å². The minimum atomic E-state index is -1.06. The molecule has 0 aliphatic rings. The molecule has 94 valence electrons. The first-order valence-corrected chi connectivity index (χ1v) is 5.02. The monoisotopic (exact) mass is 241 g/mol. The summed E-state index contributed by atoms with van der Waals surface area (Å²) in [5, 5.41) is 21.0. The highest BCUT2D eigenvalue weighted by Crippen LogP contribution is 2.06. The largest absolute Gasteiger partial charge is 0.478 e. The Hall–Kier alpha value is -1.73. The lowest BCUT2D eigenvalue weighted by Gasteiger charge is -2.11. The predicted octanol–water partition coefficient (Wildman–Crippen LogP) is -0.0976. The standard InChI is InChI=1S/C10H15N3O4/c1-6-8(9(15)16)4-12-10(13-6)11-3-7(14)5-17-2/h4,7,14H,3,5H2,1-2H3,(H,15,16)(H,11,12,13). The number of carbonyl (C=O) groups is 1. The van der Waals surface area contributed by atoms with E-state index in [4.69, 9.17) is 9.84 Å². The summed E-state index contributed by atoms with van der Waals surface area (Å²) in [5.74, 6) is -0.781. The molecule has 1 rings (SSSR count). The number of methoxy groups -OCH3 is 1. The number of aromatic nitrogens is 2. The Balaban J connectivity index is 2.62. The van der Waals surface area contributed by atoms with Crippen LogP contribution in [-0.4, -0.2) is 52.5 Å². The van der Waals surface area contributed by atoms with Crippen LogP contribution in [0.5, 0.6) is 0 Å². The zero-order valence-corrected chi connectivity index (χ0v) is 9.67. The highest BCUT2D eigenvalue weighted by molar-refractivity contribution is 5.88. The highest BCUT2D eigenvalue weighted by atomic mass is 16.5. The molecular formula is C10H15N3O4. The van der Waals surface area contributed by atoms with Crippen molar-refractivity contribution in [3.8, 4) is 0 Å². The van der Waals surface area contributed by atoms with E-state index in [2.05, 4.69) is 15.3 Å². The third-order valence-electron chi connectivity index (χ3n) is 2.06. The van der Waals surface area contributed by atoms with Crippen LogP contribution < -0.4 is 5.32 Å². The normalized spacial score (nSPS) is 12.2. The molecule has 17 heavy (non-hydrogen) atoms. The van der Waals surface area contributed by atoms with Crippen LogP contribution in [0.3, 0.4) is 0 Å². The van der Waals surface area contributed by atoms with Crippen molar-refractivity contribution in [2.24, 2.45) is 0 Å². The summed E-state index contributed by atoms with van der Waals surface area (Å²) in [4.78, 5) is 18.5. The molecule has 1 heterocycles. The number of aliphatic hydroxyl groups excluding tert-OH is 1. The van der Waals surface area contributed by atoms with Gasteiger partial charge in [-0.15, -0.1) is 0 Å². The molecular weight excluding hydrogens is 226 g/mol. The third kappa shape index (κ3) is 3.97. The van der Waals surface area contributed by atoms with E-state index in [-0.39, 0.29) is 24.7 Å². The van der Waals surface area contributed by atoms with Crippen molar-refractivity contribution in [3.05, 3.63) is 17.5 Å². The Bertz CT molecular complexity index is 397. The number of carboxylic acid groups (broad SMARTS) is 1. The average Bonchev–Trinajstić information content (AvgIpc) is 2.26. The van der Waals surface area contributed by atoms with E-state index in [1.807, 2.05) is 0 Å². The molecule has 7 nitrogen and oxygen atoms in total. The topological polar surface area (TPSA) is 105 Å². The minimum absolute atomic E-state index is 0.0630. The number of hydrogen-bond acceptors (Lipinski definition) is 6. The van der Waals surface area contributed by atoms with Crippen LogP contribution in [-0.2, 0) is 4.74 Å². The van der Waals surface area contributed by atoms with Crippen molar-refractivity contribution < 1.29 is 19.7 Å². The van der Waals surface area contributed by atoms with Gasteiger partial charge in [-0.1, -0.05) is 0 Å². The van der Waals surface area contributed by atoms with Gasteiger partial charge in [0.05, 0.1) is 24.0 Å². The number of aryl methyl sites for hydroxylation is 1. The zero-order valence-electron chi connectivity index (χ0n) is 9.67. The molecule has 0 radical (unpaired) electrons. The van der Waals surface area contributed by atoms with Gasteiger partial charge in [-0.25, -0.2) is 14.8 Å². The van der Waals surface area contributed by atoms with Crippen LogP contribution in [0.1, 0.15) is 16.1 Å². The summed E-state index contributed by atoms with van der Waals surface area (Å²) in [7, 11) is 1.49.